The molecule has 19 heavy (non-hydrogen) atoms. The Balaban J connectivity index is 2.26. The quantitative estimate of drug-likeness (QED) is 0.635. The van der Waals surface area contributed by atoms with Crippen molar-refractivity contribution in [3.8, 4) is 0 Å². The fourth-order valence-electron chi connectivity index (χ4n) is 2.73. The van der Waals surface area contributed by atoms with Gasteiger partial charge in [0.25, 0.3) is 5.91 Å². The second-order valence-corrected chi connectivity index (χ2v) is 6.19. The minimum absolute atomic E-state index is 0.0735. The van der Waals surface area contributed by atoms with Crippen molar-refractivity contribution in [3.63, 3.8) is 0 Å². The molecule has 0 atom stereocenters. The first kappa shape index (κ1) is 13.9. The monoisotopic (exact) mass is 261 g/mol. The lowest BCUT2D eigenvalue weighted by Gasteiger charge is -2.38. The third-order valence-corrected chi connectivity index (χ3v) is 3.75. The number of benzene rings is 1. The van der Waals surface area contributed by atoms with E-state index in [1.807, 2.05) is 30.0 Å². The van der Waals surface area contributed by atoms with Crippen molar-refractivity contribution >= 4 is 11.6 Å². The number of likely N-dealkylation sites (tertiary alicyclic amines) is 1. The summed E-state index contributed by atoms with van der Waals surface area (Å²) in [6.07, 6.45) is 2.24. The molecule has 1 heterocycles. The molecule has 2 rings (SSSR count). The van der Waals surface area contributed by atoms with Crippen LogP contribution < -0.4 is 11.3 Å². The topological polar surface area (TPSA) is 58.4 Å². The number of hydrazine groups is 1. The van der Waals surface area contributed by atoms with E-state index < -0.39 is 0 Å². The number of nitrogens with one attached hydrogen (secondary N) is 1. The van der Waals surface area contributed by atoms with E-state index in [0.29, 0.717) is 11.3 Å². The Labute approximate surface area is 114 Å². The Morgan fingerprint density at radius 3 is 2.79 bits per heavy atom. The minimum atomic E-state index is 0.0735. The first-order valence-electron chi connectivity index (χ1n) is 6.79. The van der Waals surface area contributed by atoms with Gasteiger partial charge in [0.2, 0.25) is 0 Å². The van der Waals surface area contributed by atoms with Crippen LogP contribution in [0.5, 0.6) is 0 Å². The number of aryl methyl sites for hydroxylation is 1. The van der Waals surface area contributed by atoms with E-state index >= 15 is 0 Å². The summed E-state index contributed by atoms with van der Waals surface area (Å²) in [5.74, 6) is 5.57. The van der Waals surface area contributed by atoms with Crippen molar-refractivity contribution in [1.82, 2.24) is 4.90 Å². The van der Waals surface area contributed by atoms with E-state index in [1.165, 1.54) is 6.42 Å². The first-order valence-corrected chi connectivity index (χ1v) is 6.79. The van der Waals surface area contributed by atoms with Crippen LogP contribution in [0.4, 0.5) is 5.69 Å². The Kier molecular flexibility index (Phi) is 3.80. The summed E-state index contributed by atoms with van der Waals surface area (Å²) in [7, 11) is 0. The lowest BCUT2D eigenvalue weighted by molar-refractivity contribution is 0.0584. The van der Waals surface area contributed by atoms with Crippen molar-refractivity contribution in [2.24, 2.45) is 11.3 Å². The van der Waals surface area contributed by atoms with Crippen molar-refractivity contribution in [2.45, 2.75) is 33.6 Å². The Morgan fingerprint density at radius 1 is 1.42 bits per heavy atom. The lowest BCUT2D eigenvalue weighted by atomic mass is 9.84. The van der Waals surface area contributed by atoms with Crippen LogP contribution in [0.15, 0.2) is 18.2 Å². The maximum absolute atomic E-state index is 12.6. The molecule has 0 radical (unpaired) electrons. The molecule has 0 bridgehead atoms. The van der Waals surface area contributed by atoms with Gasteiger partial charge in [-0.1, -0.05) is 25.5 Å². The zero-order chi connectivity index (χ0) is 14.0. The van der Waals surface area contributed by atoms with Crippen molar-refractivity contribution in [3.05, 3.63) is 29.3 Å². The summed E-state index contributed by atoms with van der Waals surface area (Å²) in [5, 5.41) is 0. The van der Waals surface area contributed by atoms with Crippen molar-refractivity contribution in [2.75, 3.05) is 18.5 Å². The third-order valence-electron chi connectivity index (χ3n) is 3.75. The van der Waals surface area contributed by atoms with E-state index in [9.17, 15) is 4.79 Å². The molecular formula is C15H23N3O. The van der Waals surface area contributed by atoms with Gasteiger partial charge >= 0.3 is 0 Å². The number of nitrogens with two attached hydrogens (primary N) is 1. The number of rotatable bonds is 2. The first-order chi connectivity index (χ1) is 8.93. The minimum Gasteiger partial charge on any atom is -0.338 e. The van der Waals surface area contributed by atoms with Gasteiger partial charge < -0.3 is 10.3 Å². The molecule has 0 saturated carbocycles. The molecule has 0 aliphatic carbocycles. The van der Waals surface area contributed by atoms with Crippen LogP contribution in [0.3, 0.4) is 0 Å². The highest BCUT2D eigenvalue weighted by molar-refractivity contribution is 5.99. The highest BCUT2D eigenvalue weighted by Gasteiger charge is 2.30. The van der Waals surface area contributed by atoms with Gasteiger partial charge in [-0.2, -0.15) is 0 Å². The fourth-order valence-corrected chi connectivity index (χ4v) is 2.73. The van der Waals surface area contributed by atoms with Gasteiger partial charge in [-0.05, 0) is 37.3 Å². The highest BCUT2D eigenvalue weighted by atomic mass is 16.2. The number of anilines is 1. The molecule has 0 unspecified atom stereocenters. The number of amides is 1. The summed E-state index contributed by atoms with van der Waals surface area (Å²) >= 11 is 0. The normalized spacial score (nSPS) is 18.2. The molecular weight excluding hydrogens is 238 g/mol. The van der Waals surface area contributed by atoms with Crippen molar-refractivity contribution < 1.29 is 4.79 Å². The maximum atomic E-state index is 12.6. The largest absolute Gasteiger partial charge is 0.338 e. The fraction of sp³-hybridized carbons (Fsp3) is 0.533. The van der Waals surface area contributed by atoms with Crippen LogP contribution in [-0.4, -0.2) is 23.9 Å². The summed E-state index contributed by atoms with van der Waals surface area (Å²) in [4.78, 5) is 14.6. The second kappa shape index (κ2) is 5.21. The summed E-state index contributed by atoms with van der Waals surface area (Å²) in [5.41, 5.74) is 5.25. The molecule has 4 nitrogen and oxygen atoms in total. The van der Waals surface area contributed by atoms with E-state index in [-0.39, 0.29) is 11.3 Å². The number of nitrogen functional groups attached to an aromatic ring is 1. The van der Waals surface area contributed by atoms with Gasteiger partial charge in [-0.3, -0.25) is 10.6 Å². The molecule has 1 aromatic rings. The van der Waals surface area contributed by atoms with Gasteiger partial charge in [0.05, 0.1) is 11.3 Å². The maximum Gasteiger partial charge on any atom is 0.256 e. The lowest BCUT2D eigenvalue weighted by Crippen LogP contribution is -2.43. The zero-order valence-electron chi connectivity index (χ0n) is 12.0. The molecule has 3 N–H and O–H groups in total. The SMILES string of the molecule is Cc1ccc(NN)c(C(=O)N2CCCC(C)(C)C2)c1. The Bertz CT molecular complexity index is 482. The van der Waals surface area contributed by atoms with Crippen LogP contribution >= 0.6 is 0 Å². The average molecular weight is 261 g/mol. The molecule has 1 aliphatic heterocycles. The summed E-state index contributed by atoms with van der Waals surface area (Å²) in [6, 6.07) is 5.71. The highest BCUT2D eigenvalue weighted by Crippen LogP contribution is 2.30. The average Bonchev–Trinajstić information content (AvgIpc) is 2.36. The van der Waals surface area contributed by atoms with E-state index in [0.717, 1.165) is 25.1 Å². The van der Waals surface area contributed by atoms with Crippen LogP contribution in [0, 0.1) is 12.3 Å². The van der Waals surface area contributed by atoms with Crippen LogP contribution in [0.2, 0.25) is 0 Å². The number of carbonyl (C=O) groups excluding carboxylic acids is 1. The van der Waals surface area contributed by atoms with Crippen LogP contribution in [-0.2, 0) is 0 Å². The van der Waals surface area contributed by atoms with Crippen LogP contribution in [0.1, 0.15) is 42.6 Å². The second-order valence-electron chi connectivity index (χ2n) is 6.19. The van der Waals surface area contributed by atoms with Gasteiger partial charge in [-0.15, -0.1) is 0 Å². The molecule has 1 aromatic carbocycles. The Morgan fingerprint density at radius 2 is 2.16 bits per heavy atom. The molecule has 104 valence electrons. The molecule has 1 amide bonds. The van der Waals surface area contributed by atoms with Crippen molar-refractivity contribution in [1.29, 1.82) is 0 Å². The van der Waals surface area contributed by atoms with E-state index in [2.05, 4.69) is 19.3 Å². The Hall–Kier alpha value is -1.55. The number of carbonyl (C=O) groups is 1. The predicted molar refractivity (Wildman–Crippen MR) is 77.9 cm³/mol. The van der Waals surface area contributed by atoms with Gasteiger partial charge in [0.1, 0.15) is 0 Å². The zero-order valence-corrected chi connectivity index (χ0v) is 12.0. The molecule has 1 saturated heterocycles. The smallest absolute Gasteiger partial charge is 0.256 e. The standard InChI is InChI=1S/C15H23N3O/c1-11-5-6-13(17-16)12(9-11)14(19)18-8-4-7-15(2,3)10-18/h5-6,9,17H,4,7-8,10,16H2,1-3H3. The van der Waals surface area contributed by atoms with E-state index in [1.54, 1.807) is 0 Å². The summed E-state index contributed by atoms with van der Waals surface area (Å²) in [6.45, 7) is 8.05. The van der Waals surface area contributed by atoms with Gasteiger partial charge in [0.15, 0.2) is 0 Å². The number of hydrogen-bond acceptors (Lipinski definition) is 3. The van der Waals surface area contributed by atoms with Gasteiger partial charge in [-0.25, -0.2) is 0 Å². The number of hydrogen-bond donors (Lipinski definition) is 2. The predicted octanol–water partition coefficient (Wildman–Crippen LogP) is 2.54. The third kappa shape index (κ3) is 3.07. The molecule has 0 spiro atoms. The molecule has 1 fully saturated rings. The summed E-state index contributed by atoms with van der Waals surface area (Å²) < 4.78 is 0. The molecule has 0 aromatic heterocycles. The molecule has 1 aliphatic rings. The van der Waals surface area contributed by atoms with Crippen LogP contribution in [0.25, 0.3) is 0 Å². The van der Waals surface area contributed by atoms with Gasteiger partial charge in [0, 0.05) is 13.1 Å². The number of nitrogens with zero attached hydrogens (tertiary/aromatic N) is 1. The van der Waals surface area contributed by atoms with E-state index in [4.69, 9.17) is 5.84 Å². The molecule has 4 heteroatoms. The number of piperidine rings is 1.